The minimum atomic E-state index is -0.482. The molecule has 8 heteroatoms. The molecule has 2 aromatic rings. The molecule has 7 nitrogen and oxygen atoms in total. The zero-order valence-corrected chi connectivity index (χ0v) is 17.5. The number of hydrogen-bond donors (Lipinski definition) is 3. The van der Waals surface area contributed by atoms with Gasteiger partial charge in [0.15, 0.2) is 5.11 Å². The molecule has 0 unspecified atom stereocenters. The maximum atomic E-state index is 12.3. The van der Waals surface area contributed by atoms with Crippen LogP contribution >= 0.6 is 12.2 Å². The molecule has 2 aromatic carbocycles. The molecular formula is C21H23N3O4S. The van der Waals surface area contributed by atoms with Crippen molar-refractivity contribution in [2.75, 3.05) is 12.4 Å². The fraction of sp³-hybridized carbons (Fsp3) is 0.238. The van der Waals surface area contributed by atoms with E-state index in [2.05, 4.69) is 20.7 Å². The van der Waals surface area contributed by atoms with Gasteiger partial charge < -0.3 is 15.4 Å². The lowest BCUT2D eigenvalue weighted by molar-refractivity contribution is 0.0600. The predicted octanol–water partition coefficient (Wildman–Crippen LogP) is 3.13. The first-order valence-electron chi connectivity index (χ1n) is 8.82. The standard InChI is InChI=1S/C21H23N3O4S/c1-21(2,3)24-18(26)15-6-5-7-16(12-15)22-20(29)23-17(25)13-8-10-14(11-9-13)19(27)28-4/h5-12H,1-4H3,(H,24,26)(H2,22,23,25,29). The minimum Gasteiger partial charge on any atom is -0.465 e. The van der Waals surface area contributed by atoms with Crippen LogP contribution in [0.5, 0.6) is 0 Å². The Hall–Kier alpha value is -3.26. The van der Waals surface area contributed by atoms with Gasteiger partial charge in [-0.3, -0.25) is 14.9 Å². The molecule has 2 rings (SSSR count). The van der Waals surface area contributed by atoms with E-state index in [0.717, 1.165) is 0 Å². The van der Waals surface area contributed by atoms with Crippen molar-refractivity contribution in [2.24, 2.45) is 0 Å². The van der Waals surface area contributed by atoms with Crippen molar-refractivity contribution in [2.45, 2.75) is 26.3 Å². The first kappa shape index (κ1) is 22.0. The minimum absolute atomic E-state index is 0.0837. The third kappa shape index (κ3) is 6.69. The van der Waals surface area contributed by atoms with Gasteiger partial charge in [0, 0.05) is 22.4 Å². The second-order valence-corrected chi connectivity index (χ2v) is 7.67. The Balaban J connectivity index is 2.00. The number of esters is 1. The molecular weight excluding hydrogens is 390 g/mol. The molecule has 0 aliphatic heterocycles. The van der Waals surface area contributed by atoms with E-state index in [-0.39, 0.29) is 16.6 Å². The van der Waals surface area contributed by atoms with Crippen LogP contribution in [-0.4, -0.2) is 35.5 Å². The summed E-state index contributed by atoms with van der Waals surface area (Å²) < 4.78 is 4.62. The largest absolute Gasteiger partial charge is 0.465 e. The van der Waals surface area contributed by atoms with Gasteiger partial charge in [0.1, 0.15) is 0 Å². The van der Waals surface area contributed by atoms with Crippen molar-refractivity contribution in [3.05, 3.63) is 65.2 Å². The molecule has 0 saturated heterocycles. The van der Waals surface area contributed by atoms with E-state index in [4.69, 9.17) is 12.2 Å². The summed E-state index contributed by atoms with van der Waals surface area (Å²) in [6.07, 6.45) is 0. The van der Waals surface area contributed by atoms with Crippen LogP contribution in [0.3, 0.4) is 0 Å². The Labute approximate surface area is 174 Å². The van der Waals surface area contributed by atoms with Crippen molar-refractivity contribution in [3.63, 3.8) is 0 Å². The smallest absolute Gasteiger partial charge is 0.337 e. The number of methoxy groups -OCH3 is 1. The second-order valence-electron chi connectivity index (χ2n) is 7.26. The highest BCUT2D eigenvalue weighted by atomic mass is 32.1. The third-order valence-electron chi connectivity index (χ3n) is 3.67. The van der Waals surface area contributed by atoms with E-state index in [9.17, 15) is 14.4 Å². The Morgan fingerprint density at radius 2 is 1.52 bits per heavy atom. The third-order valence-corrected chi connectivity index (χ3v) is 3.87. The summed E-state index contributed by atoms with van der Waals surface area (Å²) in [5, 5.41) is 8.41. The molecule has 3 N–H and O–H groups in total. The van der Waals surface area contributed by atoms with Gasteiger partial charge in [-0.05, 0) is 75.5 Å². The van der Waals surface area contributed by atoms with Crippen LogP contribution in [0.4, 0.5) is 5.69 Å². The van der Waals surface area contributed by atoms with E-state index in [0.29, 0.717) is 22.4 Å². The number of benzene rings is 2. The van der Waals surface area contributed by atoms with E-state index in [1.54, 1.807) is 24.3 Å². The van der Waals surface area contributed by atoms with Crippen LogP contribution in [0, 0.1) is 0 Å². The van der Waals surface area contributed by atoms with Gasteiger partial charge in [0.05, 0.1) is 12.7 Å². The van der Waals surface area contributed by atoms with E-state index >= 15 is 0 Å². The molecule has 0 saturated carbocycles. The number of carbonyl (C=O) groups excluding carboxylic acids is 3. The molecule has 2 amide bonds. The molecule has 0 bridgehead atoms. The highest BCUT2D eigenvalue weighted by Crippen LogP contribution is 2.12. The lowest BCUT2D eigenvalue weighted by Crippen LogP contribution is -2.40. The lowest BCUT2D eigenvalue weighted by atomic mass is 10.1. The van der Waals surface area contributed by atoms with Crippen molar-refractivity contribution < 1.29 is 19.1 Å². The van der Waals surface area contributed by atoms with Crippen molar-refractivity contribution in [1.29, 1.82) is 0 Å². The molecule has 29 heavy (non-hydrogen) atoms. The Morgan fingerprint density at radius 1 is 0.897 bits per heavy atom. The number of nitrogens with one attached hydrogen (secondary N) is 3. The Kier molecular flexibility index (Phi) is 7.06. The number of rotatable bonds is 4. The molecule has 0 aliphatic rings. The van der Waals surface area contributed by atoms with Crippen LogP contribution < -0.4 is 16.0 Å². The normalized spacial score (nSPS) is 10.6. The fourth-order valence-electron chi connectivity index (χ4n) is 2.36. The average molecular weight is 413 g/mol. The van der Waals surface area contributed by atoms with Crippen molar-refractivity contribution in [3.8, 4) is 0 Å². The van der Waals surface area contributed by atoms with E-state index in [1.807, 2.05) is 20.8 Å². The predicted molar refractivity (Wildman–Crippen MR) is 115 cm³/mol. The highest BCUT2D eigenvalue weighted by molar-refractivity contribution is 7.80. The number of ether oxygens (including phenoxy) is 1. The monoisotopic (exact) mass is 413 g/mol. The van der Waals surface area contributed by atoms with Gasteiger partial charge in [-0.2, -0.15) is 0 Å². The first-order valence-corrected chi connectivity index (χ1v) is 9.23. The first-order chi connectivity index (χ1) is 13.6. The summed E-state index contributed by atoms with van der Waals surface area (Å²) in [5.41, 5.74) is 1.36. The van der Waals surface area contributed by atoms with E-state index < -0.39 is 11.9 Å². The van der Waals surface area contributed by atoms with Gasteiger partial charge in [0.2, 0.25) is 0 Å². The SMILES string of the molecule is COC(=O)c1ccc(C(=O)NC(=S)Nc2cccc(C(=O)NC(C)(C)C)c2)cc1. The zero-order valence-electron chi connectivity index (χ0n) is 16.7. The molecule has 0 radical (unpaired) electrons. The van der Waals surface area contributed by atoms with E-state index in [1.165, 1.54) is 31.4 Å². The Bertz CT molecular complexity index is 934. The van der Waals surface area contributed by atoms with Crippen LogP contribution in [0.1, 0.15) is 51.8 Å². The summed E-state index contributed by atoms with van der Waals surface area (Å²) >= 11 is 5.18. The Morgan fingerprint density at radius 3 is 2.10 bits per heavy atom. The number of thiocarbonyl (C=S) groups is 1. The molecule has 0 atom stereocenters. The number of carbonyl (C=O) groups is 3. The number of anilines is 1. The van der Waals surface area contributed by atoms with Gasteiger partial charge in [-0.1, -0.05) is 6.07 Å². The fourth-order valence-corrected chi connectivity index (χ4v) is 2.57. The zero-order chi connectivity index (χ0) is 21.6. The number of amides is 2. The molecule has 0 fully saturated rings. The van der Waals surface area contributed by atoms with Gasteiger partial charge in [0.25, 0.3) is 11.8 Å². The lowest BCUT2D eigenvalue weighted by Gasteiger charge is -2.20. The van der Waals surface area contributed by atoms with Crippen LogP contribution in [-0.2, 0) is 4.74 Å². The number of hydrogen-bond acceptors (Lipinski definition) is 5. The highest BCUT2D eigenvalue weighted by Gasteiger charge is 2.16. The maximum Gasteiger partial charge on any atom is 0.337 e. The molecule has 0 aliphatic carbocycles. The topological polar surface area (TPSA) is 96.5 Å². The van der Waals surface area contributed by atoms with Crippen LogP contribution in [0.2, 0.25) is 0 Å². The maximum absolute atomic E-state index is 12.3. The van der Waals surface area contributed by atoms with Gasteiger partial charge >= 0.3 is 5.97 Å². The average Bonchev–Trinajstić information content (AvgIpc) is 2.66. The van der Waals surface area contributed by atoms with Crippen LogP contribution in [0.15, 0.2) is 48.5 Å². The summed E-state index contributed by atoms with van der Waals surface area (Å²) in [6.45, 7) is 5.69. The molecule has 0 aromatic heterocycles. The summed E-state index contributed by atoms with van der Waals surface area (Å²) in [6, 6.07) is 12.8. The second kappa shape index (κ2) is 9.29. The van der Waals surface area contributed by atoms with Gasteiger partial charge in [-0.15, -0.1) is 0 Å². The summed E-state index contributed by atoms with van der Waals surface area (Å²) in [4.78, 5) is 36.0. The van der Waals surface area contributed by atoms with Gasteiger partial charge in [-0.25, -0.2) is 4.79 Å². The summed E-state index contributed by atoms with van der Waals surface area (Å²) in [5.74, 6) is -1.12. The molecule has 152 valence electrons. The van der Waals surface area contributed by atoms with Crippen molar-refractivity contribution >= 4 is 40.8 Å². The molecule has 0 heterocycles. The van der Waals surface area contributed by atoms with Crippen molar-refractivity contribution in [1.82, 2.24) is 10.6 Å². The molecule has 0 spiro atoms. The summed E-state index contributed by atoms with van der Waals surface area (Å²) in [7, 11) is 1.29. The quantitative estimate of drug-likeness (QED) is 0.526. The van der Waals surface area contributed by atoms with Crippen LogP contribution in [0.25, 0.3) is 0 Å².